The molecule has 0 aromatic carbocycles. The van der Waals surface area contributed by atoms with Crippen LogP contribution in [0.15, 0.2) is 11.6 Å². The summed E-state index contributed by atoms with van der Waals surface area (Å²) in [4.78, 5) is 11.5. The number of amides is 1. The highest BCUT2D eigenvalue weighted by Gasteiger charge is 2.36. The Bertz CT molecular complexity index is 225. The third kappa shape index (κ3) is 3.48. The lowest BCUT2D eigenvalue weighted by atomic mass is 9.98. The lowest BCUT2D eigenvalue weighted by molar-refractivity contribution is -0.125. The van der Waals surface area contributed by atoms with Gasteiger partial charge in [0.1, 0.15) is 0 Å². The minimum Gasteiger partial charge on any atom is -0.350 e. The number of halogens is 2. The summed E-state index contributed by atoms with van der Waals surface area (Å²) in [5, 5.41) is 3.09. The summed E-state index contributed by atoms with van der Waals surface area (Å²) in [6, 6.07) is 0. The van der Waals surface area contributed by atoms with E-state index in [9.17, 15) is 4.79 Å². The van der Waals surface area contributed by atoms with Crippen molar-refractivity contribution in [1.29, 1.82) is 0 Å². The van der Waals surface area contributed by atoms with Crippen LogP contribution in [0.25, 0.3) is 0 Å². The molecule has 0 bridgehead atoms. The Morgan fingerprint density at radius 1 is 1.50 bits per heavy atom. The molecule has 1 fully saturated rings. The van der Waals surface area contributed by atoms with Gasteiger partial charge in [-0.05, 0) is 12.8 Å². The van der Waals surface area contributed by atoms with Crippen LogP contribution in [-0.2, 0) is 4.79 Å². The fourth-order valence-electron chi connectivity index (χ4n) is 1.59. The number of hydrogen-bond donors (Lipinski definition) is 2. The van der Waals surface area contributed by atoms with Crippen molar-refractivity contribution in [3.63, 3.8) is 0 Å². The summed E-state index contributed by atoms with van der Waals surface area (Å²) in [6.07, 6.45) is 3.61. The van der Waals surface area contributed by atoms with Crippen molar-refractivity contribution in [3.8, 4) is 0 Å². The van der Waals surface area contributed by atoms with Crippen molar-refractivity contribution in [3.05, 3.63) is 11.6 Å². The summed E-state index contributed by atoms with van der Waals surface area (Å²) >= 11 is 5.52. The van der Waals surface area contributed by atoms with Crippen molar-refractivity contribution >= 4 is 29.9 Å². The van der Waals surface area contributed by atoms with E-state index in [1.807, 2.05) is 0 Å². The lowest BCUT2D eigenvalue weighted by Crippen LogP contribution is -2.52. The van der Waals surface area contributed by atoms with E-state index in [1.54, 1.807) is 0 Å². The predicted molar refractivity (Wildman–Crippen MR) is 60.6 cm³/mol. The van der Waals surface area contributed by atoms with Gasteiger partial charge in [-0.1, -0.05) is 31.0 Å². The minimum absolute atomic E-state index is 0. The van der Waals surface area contributed by atoms with Crippen LogP contribution in [0, 0.1) is 0 Å². The number of nitrogens with one attached hydrogen (secondary N) is 1. The van der Waals surface area contributed by atoms with E-state index < -0.39 is 5.54 Å². The zero-order valence-corrected chi connectivity index (χ0v) is 9.59. The Labute approximate surface area is 95.5 Å². The average Bonchev–Trinajstić information content (AvgIpc) is 2.49. The molecule has 14 heavy (non-hydrogen) atoms. The second-order valence-electron chi connectivity index (χ2n) is 3.56. The highest BCUT2D eigenvalue weighted by Crippen LogP contribution is 2.27. The predicted octanol–water partition coefficient (Wildman–Crippen LogP) is 1.55. The Balaban J connectivity index is 0.00000169. The summed E-state index contributed by atoms with van der Waals surface area (Å²) in [5.74, 6) is -0.105. The number of carbonyl (C=O) groups excluding carboxylic acids is 1. The Kier molecular flexibility index (Phi) is 5.49. The third-order valence-corrected chi connectivity index (χ3v) is 2.52. The van der Waals surface area contributed by atoms with Crippen molar-refractivity contribution < 1.29 is 4.79 Å². The molecule has 1 aliphatic rings. The topological polar surface area (TPSA) is 55.1 Å². The molecule has 1 saturated carbocycles. The lowest BCUT2D eigenvalue weighted by Gasteiger charge is -2.21. The van der Waals surface area contributed by atoms with Crippen molar-refractivity contribution in [2.75, 3.05) is 6.54 Å². The maximum Gasteiger partial charge on any atom is 0.240 e. The van der Waals surface area contributed by atoms with Gasteiger partial charge in [0.25, 0.3) is 0 Å². The van der Waals surface area contributed by atoms with Crippen molar-refractivity contribution in [2.45, 2.75) is 31.2 Å². The van der Waals surface area contributed by atoms with Gasteiger partial charge in [-0.3, -0.25) is 4.79 Å². The van der Waals surface area contributed by atoms with E-state index in [1.165, 1.54) is 0 Å². The maximum atomic E-state index is 11.5. The summed E-state index contributed by atoms with van der Waals surface area (Å²) in [6.45, 7) is 3.79. The van der Waals surface area contributed by atoms with Crippen LogP contribution in [0.3, 0.4) is 0 Å². The molecule has 0 aromatic rings. The molecule has 0 unspecified atom stereocenters. The molecule has 1 rings (SSSR count). The molecule has 3 N–H and O–H groups in total. The maximum absolute atomic E-state index is 11.5. The van der Waals surface area contributed by atoms with Crippen molar-refractivity contribution in [1.82, 2.24) is 5.32 Å². The van der Waals surface area contributed by atoms with Gasteiger partial charge in [0.2, 0.25) is 5.91 Å². The SMILES string of the molecule is C=C(Cl)CNC(=O)C1(N)CCCC1.Cl. The molecule has 0 spiro atoms. The molecule has 1 aliphatic carbocycles. The Morgan fingerprint density at radius 3 is 2.43 bits per heavy atom. The van der Waals surface area contributed by atoms with Gasteiger partial charge in [0.15, 0.2) is 0 Å². The first-order valence-corrected chi connectivity index (χ1v) is 4.83. The van der Waals surface area contributed by atoms with E-state index in [4.69, 9.17) is 17.3 Å². The van der Waals surface area contributed by atoms with Gasteiger partial charge in [0, 0.05) is 5.03 Å². The van der Waals surface area contributed by atoms with Crippen LogP contribution in [0.5, 0.6) is 0 Å². The van der Waals surface area contributed by atoms with Crippen LogP contribution in [0.1, 0.15) is 25.7 Å². The number of rotatable bonds is 3. The van der Waals surface area contributed by atoms with Crippen molar-refractivity contribution in [2.24, 2.45) is 5.73 Å². The van der Waals surface area contributed by atoms with Gasteiger partial charge in [-0.2, -0.15) is 0 Å². The molecule has 0 heterocycles. The summed E-state index contributed by atoms with van der Waals surface area (Å²) in [5.41, 5.74) is 5.24. The summed E-state index contributed by atoms with van der Waals surface area (Å²) in [7, 11) is 0. The second-order valence-corrected chi connectivity index (χ2v) is 4.10. The highest BCUT2D eigenvalue weighted by molar-refractivity contribution is 6.29. The summed E-state index contributed by atoms with van der Waals surface area (Å²) < 4.78 is 0. The largest absolute Gasteiger partial charge is 0.350 e. The fourth-order valence-corrected chi connectivity index (χ4v) is 1.65. The number of nitrogens with two attached hydrogens (primary N) is 1. The average molecular weight is 239 g/mol. The fraction of sp³-hybridized carbons (Fsp3) is 0.667. The van der Waals surface area contributed by atoms with E-state index in [0.717, 1.165) is 25.7 Å². The van der Waals surface area contributed by atoms with Crippen LogP contribution < -0.4 is 11.1 Å². The molecule has 82 valence electrons. The molecule has 0 atom stereocenters. The Morgan fingerprint density at radius 2 is 2.00 bits per heavy atom. The Hall–Kier alpha value is -0.250. The molecule has 3 nitrogen and oxygen atoms in total. The van der Waals surface area contributed by atoms with Gasteiger partial charge in [-0.25, -0.2) is 0 Å². The normalized spacial score (nSPS) is 18.4. The highest BCUT2D eigenvalue weighted by atomic mass is 35.5. The zero-order chi connectivity index (χ0) is 9.90. The van der Waals surface area contributed by atoms with Gasteiger partial charge in [-0.15, -0.1) is 12.4 Å². The smallest absolute Gasteiger partial charge is 0.240 e. The quantitative estimate of drug-likeness (QED) is 0.785. The first kappa shape index (κ1) is 13.8. The van der Waals surface area contributed by atoms with Gasteiger partial charge < -0.3 is 11.1 Å². The monoisotopic (exact) mass is 238 g/mol. The first-order chi connectivity index (χ1) is 6.04. The van der Waals surface area contributed by atoms with Gasteiger partial charge >= 0.3 is 0 Å². The first-order valence-electron chi connectivity index (χ1n) is 4.45. The standard InChI is InChI=1S/C9H15ClN2O.ClH/c1-7(10)6-12-8(13)9(11)4-2-3-5-9;/h1-6,11H2,(H,12,13);1H. The number of hydrogen-bond acceptors (Lipinski definition) is 2. The molecule has 5 heteroatoms. The second kappa shape index (κ2) is 5.59. The molecule has 0 saturated heterocycles. The molecule has 0 aliphatic heterocycles. The zero-order valence-electron chi connectivity index (χ0n) is 8.01. The van der Waals surface area contributed by atoms with E-state index in [-0.39, 0.29) is 18.3 Å². The minimum atomic E-state index is -0.660. The molecular weight excluding hydrogens is 223 g/mol. The third-order valence-electron chi connectivity index (χ3n) is 2.39. The van der Waals surface area contributed by atoms with Crippen LogP contribution in [0.2, 0.25) is 0 Å². The molecule has 0 radical (unpaired) electrons. The molecular formula is C9H16Cl2N2O. The van der Waals surface area contributed by atoms with E-state index >= 15 is 0 Å². The van der Waals surface area contributed by atoms with Crippen LogP contribution >= 0.6 is 24.0 Å². The molecule has 0 aromatic heterocycles. The van der Waals surface area contributed by atoms with E-state index in [2.05, 4.69) is 11.9 Å². The van der Waals surface area contributed by atoms with Crippen LogP contribution in [0.4, 0.5) is 0 Å². The molecule has 1 amide bonds. The number of carbonyl (C=O) groups is 1. The van der Waals surface area contributed by atoms with Crippen LogP contribution in [-0.4, -0.2) is 18.0 Å². The van der Waals surface area contributed by atoms with Gasteiger partial charge in [0.05, 0.1) is 12.1 Å². The van der Waals surface area contributed by atoms with E-state index in [0.29, 0.717) is 11.6 Å².